The first-order chi connectivity index (χ1) is 14.9. The first-order valence-corrected chi connectivity index (χ1v) is 9.99. The van der Waals surface area contributed by atoms with Crippen LogP contribution in [0.25, 0.3) is 27.7 Å². The third kappa shape index (κ3) is 4.20. The molecule has 0 fully saturated rings. The number of amides is 1. The third-order valence-corrected chi connectivity index (χ3v) is 5.23. The van der Waals surface area contributed by atoms with Gasteiger partial charge in [0.25, 0.3) is 0 Å². The van der Waals surface area contributed by atoms with Gasteiger partial charge in [0, 0.05) is 24.9 Å². The fraction of sp³-hybridized carbons (Fsp3) is 0.120. The van der Waals surface area contributed by atoms with Gasteiger partial charge in [0.1, 0.15) is 6.04 Å². The van der Waals surface area contributed by atoms with Crippen molar-refractivity contribution >= 4 is 28.5 Å². The molecule has 4 N–H and O–H groups in total. The first-order valence-electron chi connectivity index (χ1n) is 9.99. The lowest BCUT2D eigenvalue weighted by molar-refractivity contribution is -0.138. The zero-order valence-corrected chi connectivity index (χ0v) is 17.1. The van der Waals surface area contributed by atoms with Crippen LogP contribution in [0.3, 0.4) is 0 Å². The number of nitrogens with zero attached hydrogens (tertiary/aromatic N) is 1. The number of aliphatic carboxylic acids is 1. The lowest BCUT2D eigenvalue weighted by atomic mass is 10.0. The second-order valence-corrected chi connectivity index (χ2v) is 7.47. The zero-order valence-electron chi connectivity index (χ0n) is 17.1. The molecule has 0 bridgehead atoms. The minimum Gasteiger partial charge on any atom is -0.480 e. The highest BCUT2D eigenvalue weighted by Crippen LogP contribution is 2.33. The number of hydrogen-bond acceptors (Lipinski definition) is 3. The smallest absolute Gasteiger partial charge is 0.320 e. The average molecular weight is 413 g/mol. The number of para-hydroxylation sites is 1. The van der Waals surface area contributed by atoms with Crippen LogP contribution in [0, 0.1) is 0 Å². The molecule has 6 nitrogen and oxygen atoms in total. The van der Waals surface area contributed by atoms with Crippen LogP contribution in [0.4, 0.5) is 5.69 Å². The molecule has 3 aromatic carbocycles. The van der Waals surface area contributed by atoms with Crippen molar-refractivity contribution in [2.24, 2.45) is 5.73 Å². The third-order valence-electron chi connectivity index (χ3n) is 5.23. The van der Waals surface area contributed by atoms with Crippen molar-refractivity contribution in [1.82, 2.24) is 4.57 Å². The highest BCUT2D eigenvalue weighted by molar-refractivity contribution is 5.94. The van der Waals surface area contributed by atoms with E-state index in [2.05, 4.69) is 5.32 Å². The normalized spacial score (nSPS) is 11.9. The molecule has 1 atom stereocenters. The van der Waals surface area contributed by atoms with Crippen LogP contribution in [-0.2, 0) is 16.0 Å². The molecule has 4 aromatic rings. The predicted octanol–water partition coefficient (Wildman–Crippen LogP) is 4.21. The number of rotatable bonds is 6. The summed E-state index contributed by atoms with van der Waals surface area (Å²) in [5, 5.41) is 13.1. The molecule has 0 radical (unpaired) electrons. The number of carbonyl (C=O) groups excluding carboxylic acids is 1. The zero-order chi connectivity index (χ0) is 22.0. The highest BCUT2D eigenvalue weighted by Gasteiger charge is 2.18. The van der Waals surface area contributed by atoms with E-state index >= 15 is 0 Å². The summed E-state index contributed by atoms with van der Waals surface area (Å²) in [6.45, 7) is 1.47. The number of anilines is 1. The Kier molecular flexibility index (Phi) is 5.56. The van der Waals surface area contributed by atoms with E-state index in [0.717, 1.165) is 33.3 Å². The van der Waals surface area contributed by atoms with Crippen LogP contribution in [0.15, 0.2) is 79.0 Å². The molecule has 1 amide bonds. The molecule has 6 heteroatoms. The largest absolute Gasteiger partial charge is 0.480 e. The molecular weight excluding hydrogens is 390 g/mol. The van der Waals surface area contributed by atoms with Crippen LogP contribution in [0.1, 0.15) is 12.5 Å². The summed E-state index contributed by atoms with van der Waals surface area (Å²) in [6.07, 6.45) is 2.11. The van der Waals surface area contributed by atoms with Crippen LogP contribution >= 0.6 is 0 Å². The van der Waals surface area contributed by atoms with Gasteiger partial charge in [-0.2, -0.15) is 0 Å². The summed E-state index contributed by atoms with van der Waals surface area (Å²) in [4.78, 5) is 23.2. The standard InChI is InChI=1S/C25H23N3O3/c1-16(29)27-22-12-11-18(17-7-3-2-4-8-17)14-24(22)28-15-19(13-21(26)25(30)31)20-9-5-6-10-23(20)28/h2-12,14-15,21H,13,26H2,1H3,(H,27,29)(H,30,31)/t21-/m0/s1. The molecule has 0 aliphatic heterocycles. The lowest BCUT2D eigenvalue weighted by Gasteiger charge is -2.15. The summed E-state index contributed by atoms with van der Waals surface area (Å²) in [5.41, 5.74) is 11.1. The maximum atomic E-state index is 11.8. The van der Waals surface area contributed by atoms with Gasteiger partial charge < -0.3 is 20.7 Å². The number of hydrogen-bond donors (Lipinski definition) is 3. The number of fused-ring (bicyclic) bond motifs is 1. The van der Waals surface area contributed by atoms with Crippen molar-refractivity contribution in [2.75, 3.05) is 5.32 Å². The molecule has 0 unspecified atom stereocenters. The van der Waals surface area contributed by atoms with E-state index in [1.807, 2.05) is 83.6 Å². The number of carboxylic acids is 1. The maximum absolute atomic E-state index is 11.8. The molecule has 0 aliphatic carbocycles. The van der Waals surface area contributed by atoms with Crippen molar-refractivity contribution in [3.63, 3.8) is 0 Å². The average Bonchev–Trinajstić information content (AvgIpc) is 3.12. The Morgan fingerprint density at radius 2 is 1.71 bits per heavy atom. The van der Waals surface area contributed by atoms with Gasteiger partial charge in [-0.3, -0.25) is 9.59 Å². The molecule has 0 aliphatic rings. The summed E-state index contributed by atoms with van der Waals surface area (Å²) < 4.78 is 1.98. The number of carbonyl (C=O) groups is 2. The van der Waals surface area contributed by atoms with Crippen LogP contribution in [0.5, 0.6) is 0 Å². The van der Waals surface area contributed by atoms with E-state index in [1.54, 1.807) is 0 Å². The summed E-state index contributed by atoms with van der Waals surface area (Å²) in [7, 11) is 0. The van der Waals surface area contributed by atoms with E-state index in [-0.39, 0.29) is 12.3 Å². The summed E-state index contributed by atoms with van der Waals surface area (Å²) in [6, 6.07) is 22.6. The second-order valence-electron chi connectivity index (χ2n) is 7.47. The molecule has 0 spiro atoms. The molecule has 0 saturated carbocycles. The second kappa shape index (κ2) is 8.45. The fourth-order valence-electron chi connectivity index (χ4n) is 3.77. The maximum Gasteiger partial charge on any atom is 0.320 e. The van der Waals surface area contributed by atoms with E-state index < -0.39 is 12.0 Å². The topological polar surface area (TPSA) is 97.4 Å². The minimum absolute atomic E-state index is 0.168. The minimum atomic E-state index is -1.04. The van der Waals surface area contributed by atoms with Gasteiger partial charge in [-0.05, 0) is 34.9 Å². The predicted molar refractivity (Wildman–Crippen MR) is 122 cm³/mol. The molecule has 1 heterocycles. The quantitative estimate of drug-likeness (QED) is 0.441. The van der Waals surface area contributed by atoms with Gasteiger partial charge in [-0.25, -0.2) is 0 Å². The van der Waals surface area contributed by atoms with Crippen LogP contribution in [-0.4, -0.2) is 27.6 Å². The van der Waals surface area contributed by atoms with Crippen molar-refractivity contribution in [2.45, 2.75) is 19.4 Å². The van der Waals surface area contributed by atoms with Gasteiger partial charge in [0.05, 0.1) is 16.9 Å². The molecule has 4 rings (SSSR count). The van der Waals surface area contributed by atoms with Crippen molar-refractivity contribution in [1.29, 1.82) is 0 Å². The van der Waals surface area contributed by atoms with Crippen molar-refractivity contribution in [3.8, 4) is 16.8 Å². The molecule has 0 saturated heterocycles. The van der Waals surface area contributed by atoms with Crippen LogP contribution < -0.4 is 11.1 Å². The van der Waals surface area contributed by atoms with Gasteiger partial charge >= 0.3 is 5.97 Å². The Morgan fingerprint density at radius 1 is 1.00 bits per heavy atom. The number of carboxylic acid groups (broad SMARTS) is 1. The first kappa shape index (κ1) is 20.4. The number of benzene rings is 3. The lowest BCUT2D eigenvalue weighted by Crippen LogP contribution is -2.32. The van der Waals surface area contributed by atoms with Gasteiger partial charge in [0.2, 0.25) is 5.91 Å². The van der Waals surface area contributed by atoms with Crippen molar-refractivity contribution < 1.29 is 14.7 Å². The molecule has 156 valence electrons. The monoisotopic (exact) mass is 413 g/mol. The van der Waals surface area contributed by atoms with Crippen molar-refractivity contribution in [3.05, 3.63) is 84.6 Å². The van der Waals surface area contributed by atoms with Gasteiger partial charge in [0.15, 0.2) is 0 Å². The number of nitrogens with two attached hydrogens (primary N) is 1. The van der Waals surface area contributed by atoms with Gasteiger partial charge in [-0.1, -0.05) is 54.6 Å². The van der Waals surface area contributed by atoms with E-state index in [4.69, 9.17) is 5.73 Å². The highest BCUT2D eigenvalue weighted by atomic mass is 16.4. The van der Waals surface area contributed by atoms with E-state index in [1.165, 1.54) is 6.92 Å². The van der Waals surface area contributed by atoms with Gasteiger partial charge in [-0.15, -0.1) is 0 Å². The Balaban J connectivity index is 1.91. The molecule has 31 heavy (non-hydrogen) atoms. The van der Waals surface area contributed by atoms with E-state index in [0.29, 0.717) is 5.69 Å². The Labute approximate surface area is 179 Å². The number of nitrogens with one attached hydrogen (secondary N) is 1. The molecule has 1 aromatic heterocycles. The SMILES string of the molecule is CC(=O)Nc1ccc(-c2ccccc2)cc1-n1cc(C[C@H](N)C(=O)O)c2ccccc21. The Hall–Kier alpha value is -3.90. The Bertz CT molecular complexity index is 1260. The number of aromatic nitrogens is 1. The fourth-order valence-corrected chi connectivity index (χ4v) is 3.77. The van der Waals surface area contributed by atoms with E-state index in [9.17, 15) is 14.7 Å². The summed E-state index contributed by atoms with van der Waals surface area (Å²) >= 11 is 0. The van der Waals surface area contributed by atoms with Crippen LogP contribution in [0.2, 0.25) is 0 Å². The Morgan fingerprint density at radius 3 is 2.42 bits per heavy atom. The molecular formula is C25H23N3O3. The summed E-state index contributed by atoms with van der Waals surface area (Å²) in [5.74, 6) is -1.21.